The van der Waals surface area contributed by atoms with Gasteiger partial charge in [-0.25, -0.2) is 0 Å². The van der Waals surface area contributed by atoms with Gasteiger partial charge in [0.15, 0.2) is 5.78 Å². The van der Waals surface area contributed by atoms with E-state index in [1.54, 1.807) is 0 Å². The number of ketones is 1. The Morgan fingerprint density at radius 1 is 1.31 bits per heavy atom. The molecule has 0 atom stereocenters. The first-order chi connectivity index (χ1) is 6.29. The van der Waals surface area contributed by atoms with E-state index in [4.69, 9.17) is 5.11 Å². The summed E-state index contributed by atoms with van der Waals surface area (Å²) in [5.74, 6) is -0.0429. The number of benzene rings is 1. The molecule has 1 aromatic carbocycles. The third-order valence-electron chi connectivity index (χ3n) is 2.75. The van der Waals surface area contributed by atoms with Crippen molar-refractivity contribution < 1.29 is 9.90 Å². The van der Waals surface area contributed by atoms with Crippen molar-refractivity contribution in [2.75, 3.05) is 6.61 Å². The summed E-state index contributed by atoms with van der Waals surface area (Å²) in [6, 6.07) is 9.71. The summed E-state index contributed by atoms with van der Waals surface area (Å²) in [7, 11) is 0. The van der Waals surface area contributed by atoms with E-state index in [2.05, 4.69) is 0 Å². The quantitative estimate of drug-likeness (QED) is 0.753. The fourth-order valence-corrected chi connectivity index (χ4v) is 1.76. The average molecular weight is 176 g/mol. The molecule has 13 heavy (non-hydrogen) atoms. The lowest BCUT2D eigenvalue weighted by Crippen LogP contribution is -2.23. The van der Waals surface area contributed by atoms with Crippen LogP contribution in [0.2, 0.25) is 0 Å². The number of hydrogen-bond acceptors (Lipinski definition) is 2. The molecule has 0 amide bonds. The first-order valence-electron chi connectivity index (χ1n) is 4.49. The van der Waals surface area contributed by atoms with Crippen LogP contribution in [-0.4, -0.2) is 17.5 Å². The summed E-state index contributed by atoms with van der Waals surface area (Å²) in [5.41, 5.74) is 0.713. The van der Waals surface area contributed by atoms with Crippen LogP contribution in [-0.2, 0) is 10.2 Å². The molecule has 0 aliphatic heterocycles. The number of Topliss-reactive ketones (excluding diaryl/α,β-unsaturated/α-hetero) is 1. The van der Waals surface area contributed by atoms with Crippen molar-refractivity contribution in [1.29, 1.82) is 0 Å². The summed E-state index contributed by atoms with van der Waals surface area (Å²) < 4.78 is 0. The van der Waals surface area contributed by atoms with Gasteiger partial charge in [-0.05, 0) is 18.4 Å². The Labute approximate surface area is 77.2 Å². The summed E-state index contributed by atoms with van der Waals surface area (Å²) in [4.78, 5) is 11.4. The van der Waals surface area contributed by atoms with Crippen molar-refractivity contribution in [2.45, 2.75) is 18.3 Å². The number of hydrogen-bond donors (Lipinski definition) is 1. The maximum atomic E-state index is 11.4. The molecule has 0 saturated heterocycles. The summed E-state index contributed by atoms with van der Waals surface area (Å²) in [6.45, 7) is -0.338. The predicted molar refractivity (Wildman–Crippen MR) is 49.4 cm³/mol. The van der Waals surface area contributed by atoms with E-state index in [1.807, 2.05) is 30.3 Å². The van der Waals surface area contributed by atoms with E-state index >= 15 is 0 Å². The third-order valence-corrected chi connectivity index (χ3v) is 2.75. The van der Waals surface area contributed by atoms with Crippen molar-refractivity contribution in [3.8, 4) is 0 Å². The number of aliphatic hydroxyl groups is 1. The topological polar surface area (TPSA) is 37.3 Å². The summed E-state index contributed by atoms with van der Waals surface area (Å²) >= 11 is 0. The highest BCUT2D eigenvalue weighted by Crippen LogP contribution is 2.48. The van der Waals surface area contributed by atoms with Crippen molar-refractivity contribution in [3.63, 3.8) is 0 Å². The smallest absolute Gasteiger partial charge is 0.168 e. The molecule has 68 valence electrons. The SMILES string of the molecule is O=C(CO)C1(c2ccccc2)CC1. The molecule has 0 heterocycles. The Kier molecular flexibility index (Phi) is 1.93. The van der Waals surface area contributed by atoms with Crippen molar-refractivity contribution >= 4 is 5.78 Å². The van der Waals surface area contributed by atoms with Crippen LogP contribution in [0.25, 0.3) is 0 Å². The number of carbonyl (C=O) groups is 1. The van der Waals surface area contributed by atoms with Gasteiger partial charge in [0.1, 0.15) is 6.61 Å². The van der Waals surface area contributed by atoms with Crippen molar-refractivity contribution in [3.05, 3.63) is 35.9 Å². The fourth-order valence-electron chi connectivity index (χ4n) is 1.76. The van der Waals surface area contributed by atoms with Gasteiger partial charge in [-0.3, -0.25) is 4.79 Å². The molecule has 2 heteroatoms. The zero-order valence-corrected chi connectivity index (χ0v) is 7.36. The molecule has 0 radical (unpaired) electrons. The predicted octanol–water partition coefficient (Wildman–Crippen LogP) is 1.28. The van der Waals surface area contributed by atoms with E-state index in [9.17, 15) is 4.79 Å². The van der Waals surface area contributed by atoms with E-state index in [1.165, 1.54) is 0 Å². The standard InChI is InChI=1S/C11H12O2/c12-8-10(13)11(6-7-11)9-4-2-1-3-5-9/h1-5,12H,6-8H2. The van der Waals surface area contributed by atoms with Crippen LogP contribution >= 0.6 is 0 Å². The lowest BCUT2D eigenvalue weighted by molar-refractivity contribution is -0.124. The largest absolute Gasteiger partial charge is 0.389 e. The zero-order valence-electron chi connectivity index (χ0n) is 7.36. The first-order valence-corrected chi connectivity index (χ1v) is 4.49. The maximum absolute atomic E-state index is 11.4. The number of rotatable bonds is 3. The highest BCUT2D eigenvalue weighted by Gasteiger charge is 2.50. The molecule has 0 aromatic heterocycles. The van der Waals surface area contributed by atoms with Crippen LogP contribution in [0.3, 0.4) is 0 Å². The molecule has 1 aliphatic rings. The maximum Gasteiger partial charge on any atom is 0.168 e. The van der Waals surface area contributed by atoms with Gasteiger partial charge in [0.25, 0.3) is 0 Å². The van der Waals surface area contributed by atoms with Crippen LogP contribution < -0.4 is 0 Å². The monoisotopic (exact) mass is 176 g/mol. The van der Waals surface area contributed by atoms with Gasteiger partial charge in [0.2, 0.25) is 0 Å². The Morgan fingerprint density at radius 3 is 2.38 bits per heavy atom. The molecule has 1 aromatic rings. The lowest BCUT2D eigenvalue weighted by Gasteiger charge is -2.11. The molecule has 1 N–H and O–H groups in total. The first kappa shape index (κ1) is 8.45. The Bertz CT molecular complexity index is 312. The molecule has 0 unspecified atom stereocenters. The number of aliphatic hydroxyl groups excluding tert-OH is 1. The van der Waals surface area contributed by atoms with Gasteiger partial charge in [-0.2, -0.15) is 0 Å². The van der Waals surface area contributed by atoms with Crippen LogP contribution in [0.5, 0.6) is 0 Å². The molecular weight excluding hydrogens is 164 g/mol. The van der Waals surface area contributed by atoms with Gasteiger partial charge in [0, 0.05) is 0 Å². The molecule has 2 rings (SSSR count). The van der Waals surface area contributed by atoms with E-state index in [-0.39, 0.29) is 17.8 Å². The van der Waals surface area contributed by atoms with Gasteiger partial charge in [-0.1, -0.05) is 30.3 Å². The zero-order chi connectivity index (χ0) is 9.31. The number of carbonyl (C=O) groups excluding carboxylic acids is 1. The van der Waals surface area contributed by atoms with E-state index < -0.39 is 0 Å². The van der Waals surface area contributed by atoms with Crippen molar-refractivity contribution in [1.82, 2.24) is 0 Å². The molecule has 0 bridgehead atoms. The molecule has 1 aliphatic carbocycles. The highest BCUT2D eigenvalue weighted by atomic mass is 16.3. The second-order valence-corrected chi connectivity index (χ2v) is 3.53. The normalized spacial score (nSPS) is 18.2. The van der Waals surface area contributed by atoms with Crippen LogP contribution in [0.1, 0.15) is 18.4 Å². The summed E-state index contributed by atoms with van der Waals surface area (Å²) in [6.07, 6.45) is 1.77. The minimum atomic E-state index is -0.338. The van der Waals surface area contributed by atoms with Crippen LogP contribution in [0, 0.1) is 0 Å². The van der Waals surface area contributed by atoms with E-state index in [0.717, 1.165) is 18.4 Å². The van der Waals surface area contributed by atoms with Gasteiger partial charge < -0.3 is 5.11 Å². The molecule has 0 spiro atoms. The average Bonchev–Trinajstić information content (AvgIpc) is 2.99. The second kappa shape index (κ2) is 2.96. The minimum absolute atomic E-state index is 0.0429. The van der Waals surface area contributed by atoms with Crippen LogP contribution in [0.4, 0.5) is 0 Å². The Balaban J connectivity index is 2.31. The minimum Gasteiger partial charge on any atom is -0.389 e. The van der Waals surface area contributed by atoms with Crippen LogP contribution in [0.15, 0.2) is 30.3 Å². The molecule has 1 fully saturated rings. The molecular formula is C11H12O2. The molecule has 2 nitrogen and oxygen atoms in total. The lowest BCUT2D eigenvalue weighted by atomic mass is 9.92. The second-order valence-electron chi connectivity index (χ2n) is 3.53. The Hall–Kier alpha value is -1.15. The summed E-state index contributed by atoms with van der Waals surface area (Å²) in [5, 5.41) is 8.82. The van der Waals surface area contributed by atoms with Gasteiger partial charge in [0.05, 0.1) is 5.41 Å². The van der Waals surface area contributed by atoms with Gasteiger partial charge >= 0.3 is 0 Å². The highest BCUT2D eigenvalue weighted by molar-refractivity contribution is 5.93. The van der Waals surface area contributed by atoms with Crippen molar-refractivity contribution in [2.24, 2.45) is 0 Å². The van der Waals surface area contributed by atoms with E-state index in [0.29, 0.717) is 0 Å². The molecule has 1 saturated carbocycles. The fraction of sp³-hybridized carbons (Fsp3) is 0.364. The Morgan fingerprint density at radius 2 is 1.92 bits per heavy atom. The van der Waals surface area contributed by atoms with Gasteiger partial charge in [-0.15, -0.1) is 0 Å². The third kappa shape index (κ3) is 1.27.